The number of piperazine rings is 1. The van der Waals surface area contributed by atoms with E-state index in [2.05, 4.69) is 16.8 Å². The molecule has 2 saturated heterocycles. The van der Waals surface area contributed by atoms with Crippen LogP contribution in [0.2, 0.25) is 0 Å². The standard InChI is InChI=1S/C24H31N3O3/c1-25-13-15-26(16-14-25)22-18-27(23(29)17-19-7-9-21(28)10-8-19)12-11-24(22,30)20-5-3-2-4-6-20/h2-10,22,28,30H,11-18H2,1H3/t22-,24+/m1/s1. The van der Waals surface area contributed by atoms with Crippen molar-refractivity contribution in [3.63, 3.8) is 0 Å². The topological polar surface area (TPSA) is 67.2 Å². The molecule has 4 rings (SSSR count). The Bertz CT molecular complexity index is 850. The van der Waals surface area contributed by atoms with Crippen molar-refractivity contribution < 1.29 is 15.0 Å². The number of phenols is 1. The number of carbonyl (C=O) groups excluding carboxylic acids is 1. The number of hydrogen-bond acceptors (Lipinski definition) is 5. The average Bonchev–Trinajstić information content (AvgIpc) is 2.77. The largest absolute Gasteiger partial charge is 0.508 e. The lowest BCUT2D eigenvalue weighted by Gasteiger charge is -2.51. The number of rotatable bonds is 4. The van der Waals surface area contributed by atoms with E-state index in [1.165, 1.54) is 0 Å². The third-order valence-corrected chi connectivity index (χ3v) is 6.60. The number of hydrogen-bond donors (Lipinski definition) is 2. The third-order valence-electron chi connectivity index (χ3n) is 6.60. The van der Waals surface area contributed by atoms with Gasteiger partial charge in [0.2, 0.25) is 5.91 Å². The average molecular weight is 410 g/mol. The minimum Gasteiger partial charge on any atom is -0.508 e. The molecule has 0 spiro atoms. The van der Waals surface area contributed by atoms with Crippen LogP contribution in [0.5, 0.6) is 5.75 Å². The highest BCUT2D eigenvalue weighted by atomic mass is 16.3. The molecule has 0 unspecified atom stereocenters. The van der Waals surface area contributed by atoms with Gasteiger partial charge in [-0.05, 0) is 36.7 Å². The predicted octanol–water partition coefficient (Wildman–Crippen LogP) is 1.67. The van der Waals surface area contributed by atoms with E-state index in [1.54, 1.807) is 24.3 Å². The van der Waals surface area contributed by atoms with Crippen LogP contribution in [-0.2, 0) is 16.8 Å². The van der Waals surface area contributed by atoms with E-state index in [-0.39, 0.29) is 17.7 Å². The van der Waals surface area contributed by atoms with Crippen molar-refractivity contribution in [1.82, 2.24) is 14.7 Å². The molecule has 0 bridgehead atoms. The molecule has 2 aliphatic rings. The van der Waals surface area contributed by atoms with E-state index in [1.807, 2.05) is 35.2 Å². The smallest absolute Gasteiger partial charge is 0.227 e. The number of piperidine rings is 1. The quantitative estimate of drug-likeness (QED) is 0.804. The molecule has 2 heterocycles. The molecular weight excluding hydrogens is 378 g/mol. The highest BCUT2D eigenvalue weighted by molar-refractivity contribution is 5.79. The normalized spacial score (nSPS) is 25.9. The first-order valence-electron chi connectivity index (χ1n) is 10.7. The van der Waals surface area contributed by atoms with Gasteiger partial charge >= 0.3 is 0 Å². The molecule has 2 aromatic carbocycles. The van der Waals surface area contributed by atoms with Gasteiger partial charge in [-0.1, -0.05) is 42.5 Å². The second kappa shape index (κ2) is 8.76. The summed E-state index contributed by atoms with van der Waals surface area (Å²) in [4.78, 5) is 19.6. The molecule has 6 heteroatoms. The summed E-state index contributed by atoms with van der Waals surface area (Å²) < 4.78 is 0. The van der Waals surface area contributed by atoms with Gasteiger partial charge in [-0.25, -0.2) is 0 Å². The fourth-order valence-corrected chi connectivity index (χ4v) is 4.66. The molecule has 2 aliphatic heterocycles. The van der Waals surface area contributed by atoms with E-state index in [0.717, 1.165) is 37.3 Å². The number of likely N-dealkylation sites (tertiary alicyclic amines) is 1. The van der Waals surface area contributed by atoms with Gasteiger partial charge in [-0.2, -0.15) is 0 Å². The minimum atomic E-state index is -0.966. The maximum Gasteiger partial charge on any atom is 0.227 e. The lowest BCUT2D eigenvalue weighted by atomic mass is 9.79. The Morgan fingerprint density at radius 3 is 2.33 bits per heavy atom. The van der Waals surface area contributed by atoms with Crippen LogP contribution in [0.1, 0.15) is 17.5 Å². The molecule has 0 aromatic heterocycles. The minimum absolute atomic E-state index is 0.0647. The van der Waals surface area contributed by atoms with Crippen LogP contribution in [-0.4, -0.2) is 83.2 Å². The molecule has 1 amide bonds. The van der Waals surface area contributed by atoms with Crippen LogP contribution < -0.4 is 0 Å². The number of carbonyl (C=O) groups is 1. The molecule has 0 aliphatic carbocycles. The van der Waals surface area contributed by atoms with Crippen LogP contribution >= 0.6 is 0 Å². The molecule has 2 aromatic rings. The highest BCUT2D eigenvalue weighted by Gasteiger charge is 2.47. The second-order valence-corrected chi connectivity index (χ2v) is 8.58. The number of likely N-dealkylation sites (N-methyl/N-ethyl adjacent to an activating group) is 1. The predicted molar refractivity (Wildman–Crippen MR) is 116 cm³/mol. The molecule has 160 valence electrons. The Hall–Kier alpha value is -2.41. The monoisotopic (exact) mass is 409 g/mol. The Morgan fingerprint density at radius 1 is 1.00 bits per heavy atom. The molecule has 0 saturated carbocycles. The number of phenolic OH excluding ortho intramolecular Hbond substituents is 1. The van der Waals surface area contributed by atoms with Gasteiger partial charge in [-0.3, -0.25) is 9.69 Å². The third kappa shape index (κ3) is 4.36. The van der Waals surface area contributed by atoms with Gasteiger partial charge < -0.3 is 20.0 Å². The van der Waals surface area contributed by atoms with Crippen LogP contribution in [0.3, 0.4) is 0 Å². The molecule has 0 radical (unpaired) electrons. The van der Waals surface area contributed by atoms with E-state index in [9.17, 15) is 15.0 Å². The van der Waals surface area contributed by atoms with E-state index in [4.69, 9.17) is 0 Å². The van der Waals surface area contributed by atoms with Gasteiger partial charge in [0.25, 0.3) is 0 Å². The van der Waals surface area contributed by atoms with Gasteiger partial charge in [0, 0.05) is 39.3 Å². The zero-order valence-corrected chi connectivity index (χ0v) is 17.6. The Labute approximate surface area is 178 Å². The maximum absolute atomic E-state index is 13.0. The number of aliphatic hydroxyl groups is 1. The summed E-state index contributed by atoms with van der Waals surface area (Å²) in [5, 5.41) is 21.3. The van der Waals surface area contributed by atoms with Crippen LogP contribution in [0, 0.1) is 0 Å². The Kier molecular flexibility index (Phi) is 6.09. The van der Waals surface area contributed by atoms with Gasteiger partial charge in [-0.15, -0.1) is 0 Å². The van der Waals surface area contributed by atoms with Crippen molar-refractivity contribution in [3.8, 4) is 5.75 Å². The van der Waals surface area contributed by atoms with E-state index < -0.39 is 5.60 Å². The maximum atomic E-state index is 13.0. The Morgan fingerprint density at radius 2 is 1.67 bits per heavy atom. The fraction of sp³-hybridized carbons (Fsp3) is 0.458. The molecule has 2 N–H and O–H groups in total. The fourth-order valence-electron chi connectivity index (χ4n) is 4.66. The summed E-state index contributed by atoms with van der Waals surface area (Å²) in [5.74, 6) is 0.266. The van der Waals surface area contributed by atoms with Crippen LogP contribution in [0.25, 0.3) is 0 Å². The zero-order chi connectivity index (χ0) is 21.1. The van der Waals surface area contributed by atoms with Gasteiger partial charge in [0.05, 0.1) is 12.5 Å². The molecular formula is C24H31N3O3. The SMILES string of the molecule is CN1CCN([C@@H]2CN(C(=O)Cc3ccc(O)cc3)CC[C@]2(O)c2ccccc2)CC1. The number of benzene rings is 2. The molecule has 2 fully saturated rings. The van der Waals surface area contributed by atoms with Gasteiger partial charge in [0.1, 0.15) is 11.4 Å². The summed E-state index contributed by atoms with van der Waals surface area (Å²) in [6.07, 6.45) is 0.828. The second-order valence-electron chi connectivity index (χ2n) is 8.58. The van der Waals surface area contributed by atoms with Crippen molar-refractivity contribution in [3.05, 3.63) is 65.7 Å². The lowest BCUT2D eigenvalue weighted by Crippen LogP contribution is -2.64. The summed E-state index contributed by atoms with van der Waals surface area (Å²) in [7, 11) is 2.12. The van der Waals surface area contributed by atoms with E-state index >= 15 is 0 Å². The summed E-state index contributed by atoms with van der Waals surface area (Å²) in [5.41, 5.74) is 0.851. The van der Waals surface area contributed by atoms with Crippen LogP contribution in [0.4, 0.5) is 0 Å². The van der Waals surface area contributed by atoms with E-state index in [0.29, 0.717) is 25.9 Å². The number of nitrogens with zero attached hydrogens (tertiary/aromatic N) is 3. The lowest BCUT2D eigenvalue weighted by molar-refractivity contribution is -0.144. The molecule has 6 nitrogen and oxygen atoms in total. The molecule has 30 heavy (non-hydrogen) atoms. The highest BCUT2D eigenvalue weighted by Crippen LogP contribution is 2.36. The molecule has 2 atom stereocenters. The van der Waals surface area contributed by atoms with Gasteiger partial charge in [0.15, 0.2) is 0 Å². The zero-order valence-electron chi connectivity index (χ0n) is 17.6. The first-order valence-corrected chi connectivity index (χ1v) is 10.7. The van der Waals surface area contributed by atoms with Crippen molar-refractivity contribution >= 4 is 5.91 Å². The van der Waals surface area contributed by atoms with Crippen molar-refractivity contribution in [2.24, 2.45) is 0 Å². The van der Waals surface area contributed by atoms with Crippen LogP contribution in [0.15, 0.2) is 54.6 Å². The Balaban J connectivity index is 1.54. The number of amides is 1. The summed E-state index contributed by atoms with van der Waals surface area (Å²) in [6.45, 7) is 4.75. The summed E-state index contributed by atoms with van der Waals surface area (Å²) >= 11 is 0. The van der Waals surface area contributed by atoms with Crippen molar-refractivity contribution in [2.45, 2.75) is 24.5 Å². The summed E-state index contributed by atoms with van der Waals surface area (Å²) in [6, 6.07) is 16.6. The first kappa shape index (κ1) is 20.8. The van der Waals surface area contributed by atoms with Crippen molar-refractivity contribution in [1.29, 1.82) is 0 Å². The first-order chi connectivity index (χ1) is 14.5. The van der Waals surface area contributed by atoms with Crippen molar-refractivity contribution in [2.75, 3.05) is 46.3 Å². The number of aromatic hydroxyl groups is 1.